The van der Waals surface area contributed by atoms with Gasteiger partial charge >= 0.3 is 0 Å². The van der Waals surface area contributed by atoms with E-state index in [1.807, 2.05) is 32.0 Å². The van der Waals surface area contributed by atoms with Crippen LogP contribution in [0.5, 0.6) is 0 Å². The summed E-state index contributed by atoms with van der Waals surface area (Å²) in [6.45, 7) is 3.97. The molecule has 0 unspecified atom stereocenters. The average Bonchev–Trinajstić information content (AvgIpc) is 2.63. The first-order chi connectivity index (χ1) is 8.04. The van der Waals surface area contributed by atoms with Crippen LogP contribution in [-0.4, -0.2) is 17.9 Å². The molecule has 2 rings (SSSR count). The molecule has 1 aliphatic heterocycles. The van der Waals surface area contributed by atoms with Crippen molar-refractivity contribution in [3.8, 4) is 0 Å². The van der Waals surface area contributed by atoms with Gasteiger partial charge in [0, 0.05) is 12.1 Å². The number of nitrogens with one attached hydrogen (secondary N) is 2. The van der Waals surface area contributed by atoms with Crippen molar-refractivity contribution in [1.29, 1.82) is 0 Å². The van der Waals surface area contributed by atoms with E-state index in [4.69, 9.17) is 0 Å². The second-order valence-electron chi connectivity index (χ2n) is 4.52. The fourth-order valence-corrected chi connectivity index (χ4v) is 2.09. The van der Waals surface area contributed by atoms with Crippen LogP contribution >= 0.6 is 0 Å². The number of hydrogen-bond donors (Lipinski definition) is 2. The van der Waals surface area contributed by atoms with Crippen molar-refractivity contribution in [2.45, 2.75) is 32.7 Å². The van der Waals surface area contributed by atoms with Crippen molar-refractivity contribution in [1.82, 2.24) is 5.32 Å². The molecule has 0 aromatic heterocycles. The molecule has 1 aliphatic rings. The topological polar surface area (TPSA) is 58.2 Å². The van der Waals surface area contributed by atoms with E-state index in [1.54, 1.807) is 0 Å². The minimum absolute atomic E-state index is 0.0504. The molecule has 4 heteroatoms. The van der Waals surface area contributed by atoms with E-state index >= 15 is 0 Å². The summed E-state index contributed by atoms with van der Waals surface area (Å²) in [5.41, 5.74) is 3.00. The molecule has 17 heavy (non-hydrogen) atoms. The summed E-state index contributed by atoms with van der Waals surface area (Å²) in [5, 5.41) is 5.48. The second-order valence-corrected chi connectivity index (χ2v) is 4.52. The standard InChI is InChI=1S/C13H16N2O2/c1-8-5-9(2)7-10(6-8)14-13(17)11-3-4-12(16)15-11/h5-7,11H,3-4H2,1-2H3,(H,14,17)(H,15,16)/t11-/m1/s1. The van der Waals surface area contributed by atoms with E-state index in [0.29, 0.717) is 12.8 Å². The number of amides is 2. The SMILES string of the molecule is Cc1cc(C)cc(NC(=O)[C@H]2CCC(=O)N2)c1. The van der Waals surface area contributed by atoms with Crippen LogP contribution in [-0.2, 0) is 9.59 Å². The first-order valence-corrected chi connectivity index (χ1v) is 5.73. The van der Waals surface area contributed by atoms with E-state index in [0.717, 1.165) is 16.8 Å². The van der Waals surface area contributed by atoms with Gasteiger partial charge in [-0.2, -0.15) is 0 Å². The first-order valence-electron chi connectivity index (χ1n) is 5.73. The summed E-state index contributed by atoms with van der Waals surface area (Å²) >= 11 is 0. The van der Waals surface area contributed by atoms with Gasteiger partial charge in [-0.3, -0.25) is 9.59 Å². The van der Waals surface area contributed by atoms with Gasteiger partial charge in [0.1, 0.15) is 6.04 Å². The zero-order valence-electron chi connectivity index (χ0n) is 10.0. The highest BCUT2D eigenvalue weighted by atomic mass is 16.2. The summed E-state index contributed by atoms with van der Waals surface area (Å²) in [5.74, 6) is -0.188. The fraction of sp³-hybridized carbons (Fsp3) is 0.385. The van der Waals surface area contributed by atoms with Gasteiger partial charge < -0.3 is 10.6 Å². The molecule has 1 aromatic carbocycles. The molecule has 1 aromatic rings. The van der Waals surface area contributed by atoms with E-state index in [2.05, 4.69) is 10.6 Å². The largest absolute Gasteiger partial charge is 0.344 e. The minimum Gasteiger partial charge on any atom is -0.344 e. The number of carbonyl (C=O) groups is 2. The Labute approximate surface area is 100 Å². The third-order valence-corrected chi connectivity index (χ3v) is 2.80. The van der Waals surface area contributed by atoms with Crippen molar-refractivity contribution in [2.75, 3.05) is 5.32 Å². The number of hydrogen-bond acceptors (Lipinski definition) is 2. The molecule has 0 radical (unpaired) electrons. The molecule has 0 saturated carbocycles. The van der Waals surface area contributed by atoms with Crippen molar-refractivity contribution < 1.29 is 9.59 Å². The molecule has 2 N–H and O–H groups in total. The van der Waals surface area contributed by atoms with Crippen molar-refractivity contribution >= 4 is 17.5 Å². The molecule has 90 valence electrons. The maximum Gasteiger partial charge on any atom is 0.246 e. The smallest absolute Gasteiger partial charge is 0.246 e. The van der Waals surface area contributed by atoms with E-state index in [-0.39, 0.29) is 17.9 Å². The van der Waals surface area contributed by atoms with Crippen LogP contribution in [0.4, 0.5) is 5.69 Å². The molecule has 0 bridgehead atoms. The summed E-state index contributed by atoms with van der Waals surface area (Å²) < 4.78 is 0. The Balaban J connectivity index is 2.05. The zero-order valence-corrected chi connectivity index (χ0v) is 10.0. The molecule has 1 atom stereocenters. The van der Waals surface area contributed by atoms with Crippen molar-refractivity contribution in [3.05, 3.63) is 29.3 Å². The Hall–Kier alpha value is -1.84. The van der Waals surface area contributed by atoms with E-state index < -0.39 is 0 Å². The molecule has 1 fully saturated rings. The molecule has 0 aliphatic carbocycles. The van der Waals surface area contributed by atoms with Gasteiger partial charge in [0.05, 0.1) is 0 Å². The number of anilines is 1. The van der Waals surface area contributed by atoms with Crippen LogP contribution in [0.15, 0.2) is 18.2 Å². The molecule has 1 saturated heterocycles. The van der Waals surface area contributed by atoms with Gasteiger partial charge in [-0.05, 0) is 43.5 Å². The lowest BCUT2D eigenvalue weighted by molar-refractivity contribution is -0.122. The van der Waals surface area contributed by atoms with Crippen molar-refractivity contribution in [3.63, 3.8) is 0 Å². The lowest BCUT2D eigenvalue weighted by Gasteiger charge is -2.12. The Bertz CT molecular complexity index is 448. The van der Waals surface area contributed by atoms with Gasteiger partial charge in [0.15, 0.2) is 0 Å². The van der Waals surface area contributed by atoms with E-state index in [9.17, 15) is 9.59 Å². The third-order valence-electron chi connectivity index (χ3n) is 2.80. The molecule has 2 amide bonds. The maximum atomic E-state index is 11.9. The highest BCUT2D eigenvalue weighted by Crippen LogP contribution is 2.15. The second kappa shape index (κ2) is 4.57. The Morgan fingerprint density at radius 3 is 2.47 bits per heavy atom. The lowest BCUT2D eigenvalue weighted by atomic mass is 10.1. The summed E-state index contributed by atoms with van der Waals surface area (Å²) in [7, 11) is 0. The van der Waals surface area contributed by atoms with Gasteiger partial charge in [-0.25, -0.2) is 0 Å². The fourth-order valence-electron chi connectivity index (χ4n) is 2.09. The van der Waals surface area contributed by atoms with Crippen LogP contribution in [0.2, 0.25) is 0 Å². The Morgan fingerprint density at radius 1 is 1.29 bits per heavy atom. The highest BCUT2D eigenvalue weighted by Gasteiger charge is 2.27. The monoisotopic (exact) mass is 232 g/mol. The zero-order chi connectivity index (χ0) is 12.4. The van der Waals surface area contributed by atoms with Gasteiger partial charge in [-0.15, -0.1) is 0 Å². The predicted octanol–water partition coefficient (Wildman–Crippen LogP) is 1.52. The normalized spacial score (nSPS) is 18.9. The number of aryl methyl sites for hydroxylation is 2. The first kappa shape index (κ1) is 11.6. The molecular formula is C13H16N2O2. The highest BCUT2D eigenvalue weighted by molar-refractivity contribution is 5.99. The summed E-state index contributed by atoms with van der Waals surface area (Å²) in [6, 6.07) is 5.50. The maximum absolute atomic E-state index is 11.9. The number of benzene rings is 1. The molecular weight excluding hydrogens is 216 g/mol. The third kappa shape index (κ3) is 2.84. The van der Waals surface area contributed by atoms with Crippen molar-refractivity contribution in [2.24, 2.45) is 0 Å². The van der Waals surface area contributed by atoms with Crippen LogP contribution < -0.4 is 10.6 Å². The minimum atomic E-state index is -0.386. The quantitative estimate of drug-likeness (QED) is 0.812. The number of carbonyl (C=O) groups excluding carboxylic acids is 2. The Morgan fingerprint density at radius 2 is 1.94 bits per heavy atom. The van der Waals surface area contributed by atoms with Gasteiger partial charge in [-0.1, -0.05) is 6.07 Å². The molecule has 0 spiro atoms. The van der Waals surface area contributed by atoms with Gasteiger partial charge in [0.25, 0.3) is 0 Å². The van der Waals surface area contributed by atoms with Crippen LogP contribution in [0.3, 0.4) is 0 Å². The number of rotatable bonds is 2. The molecule has 4 nitrogen and oxygen atoms in total. The molecule has 1 heterocycles. The van der Waals surface area contributed by atoms with Crippen LogP contribution in [0, 0.1) is 13.8 Å². The van der Waals surface area contributed by atoms with Crippen LogP contribution in [0.25, 0.3) is 0 Å². The Kier molecular flexibility index (Phi) is 3.13. The van der Waals surface area contributed by atoms with E-state index in [1.165, 1.54) is 0 Å². The summed E-state index contributed by atoms with van der Waals surface area (Å²) in [6.07, 6.45) is 1.01. The predicted molar refractivity (Wildman–Crippen MR) is 65.7 cm³/mol. The van der Waals surface area contributed by atoms with Gasteiger partial charge in [0.2, 0.25) is 11.8 Å². The average molecular weight is 232 g/mol. The lowest BCUT2D eigenvalue weighted by Crippen LogP contribution is -2.37. The summed E-state index contributed by atoms with van der Waals surface area (Å²) in [4.78, 5) is 22.9. The van der Waals surface area contributed by atoms with Crippen LogP contribution in [0.1, 0.15) is 24.0 Å².